The molecule has 0 aliphatic carbocycles. The normalized spacial score (nSPS) is 14.7. The predicted molar refractivity (Wildman–Crippen MR) is 121 cm³/mol. The third-order valence-corrected chi connectivity index (χ3v) is 6.35. The van der Waals surface area contributed by atoms with E-state index < -0.39 is 0 Å². The average Bonchev–Trinajstić information content (AvgIpc) is 3.18. The molecule has 3 aromatic rings. The molecule has 5 nitrogen and oxygen atoms in total. The van der Waals surface area contributed by atoms with Crippen LogP contribution >= 0.6 is 11.3 Å². The fourth-order valence-corrected chi connectivity index (χ4v) is 4.57. The summed E-state index contributed by atoms with van der Waals surface area (Å²) in [7, 11) is 0. The van der Waals surface area contributed by atoms with Gasteiger partial charge in [-0.1, -0.05) is 31.1 Å². The van der Waals surface area contributed by atoms with Crippen molar-refractivity contribution in [2.75, 3.05) is 19.7 Å². The standard InChI is InChI=1S/C24H27FN2O3S/c1-2-3-4-15-29-19-8-5-17(6-9-19)23(28)27-13-11-20(12-14-27)30-24-26-21-10-7-18(25)16-22(21)31-24/h5-10,16,20H,2-4,11-15H2,1H3. The molecule has 0 spiro atoms. The Labute approximate surface area is 185 Å². The van der Waals surface area contributed by atoms with Crippen molar-refractivity contribution in [2.24, 2.45) is 0 Å². The molecule has 1 saturated heterocycles. The predicted octanol–water partition coefficient (Wildman–Crippen LogP) is 5.69. The number of amides is 1. The smallest absolute Gasteiger partial charge is 0.274 e. The van der Waals surface area contributed by atoms with E-state index in [9.17, 15) is 9.18 Å². The summed E-state index contributed by atoms with van der Waals surface area (Å²) < 4.78 is 25.9. The van der Waals surface area contributed by atoms with Gasteiger partial charge in [0.25, 0.3) is 11.1 Å². The number of carbonyl (C=O) groups excluding carboxylic acids is 1. The first kappa shape index (κ1) is 21.6. The van der Waals surface area contributed by atoms with E-state index in [-0.39, 0.29) is 17.8 Å². The van der Waals surface area contributed by atoms with Crippen LogP contribution in [0.2, 0.25) is 0 Å². The van der Waals surface area contributed by atoms with Crippen molar-refractivity contribution in [3.63, 3.8) is 0 Å². The number of hydrogen-bond acceptors (Lipinski definition) is 5. The Balaban J connectivity index is 1.27. The van der Waals surface area contributed by atoms with Crippen LogP contribution in [0.1, 0.15) is 49.4 Å². The fraction of sp³-hybridized carbons (Fsp3) is 0.417. The third-order valence-electron chi connectivity index (χ3n) is 5.45. The van der Waals surface area contributed by atoms with E-state index >= 15 is 0 Å². The van der Waals surface area contributed by atoms with Crippen molar-refractivity contribution in [3.8, 4) is 10.9 Å². The first-order chi connectivity index (χ1) is 15.1. The van der Waals surface area contributed by atoms with Crippen LogP contribution in [0.5, 0.6) is 10.9 Å². The lowest BCUT2D eigenvalue weighted by molar-refractivity contribution is 0.0595. The van der Waals surface area contributed by atoms with E-state index in [1.165, 1.54) is 29.9 Å². The van der Waals surface area contributed by atoms with Gasteiger partial charge in [-0.25, -0.2) is 9.37 Å². The van der Waals surface area contributed by atoms with Crippen LogP contribution in [-0.2, 0) is 0 Å². The summed E-state index contributed by atoms with van der Waals surface area (Å²) in [5.41, 5.74) is 1.42. The van der Waals surface area contributed by atoms with Crippen LogP contribution in [0, 0.1) is 5.82 Å². The van der Waals surface area contributed by atoms with Gasteiger partial charge in [0, 0.05) is 31.5 Å². The van der Waals surface area contributed by atoms with Crippen molar-refractivity contribution in [1.82, 2.24) is 9.88 Å². The summed E-state index contributed by atoms with van der Waals surface area (Å²) in [5.74, 6) is 0.563. The molecule has 0 radical (unpaired) electrons. The summed E-state index contributed by atoms with van der Waals surface area (Å²) in [4.78, 5) is 19.1. The molecule has 0 N–H and O–H groups in total. The second-order valence-electron chi connectivity index (χ2n) is 7.78. The molecular weight excluding hydrogens is 415 g/mol. The zero-order valence-corrected chi connectivity index (χ0v) is 18.5. The zero-order valence-electron chi connectivity index (χ0n) is 17.7. The zero-order chi connectivity index (χ0) is 21.6. The van der Waals surface area contributed by atoms with E-state index in [1.807, 2.05) is 29.2 Å². The number of nitrogens with zero attached hydrogens (tertiary/aromatic N) is 2. The lowest BCUT2D eigenvalue weighted by Gasteiger charge is -2.31. The highest BCUT2D eigenvalue weighted by Gasteiger charge is 2.25. The van der Waals surface area contributed by atoms with E-state index in [0.717, 1.165) is 41.6 Å². The molecule has 0 unspecified atom stereocenters. The van der Waals surface area contributed by atoms with Crippen LogP contribution in [0.3, 0.4) is 0 Å². The van der Waals surface area contributed by atoms with Gasteiger partial charge < -0.3 is 14.4 Å². The monoisotopic (exact) mass is 442 g/mol. The van der Waals surface area contributed by atoms with E-state index in [1.54, 1.807) is 6.07 Å². The minimum Gasteiger partial charge on any atom is -0.494 e. The molecule has 0 saturated carbocycles. The molecule has 0 bridgehead atoms. The quantitative estimate of drug-likeness (QED) is 0.421. The van der Waals surface area contributed by atoms with Crippen molar-refractivity contribution < 1.29 is 18.7 Å². The minimum absolute atomic E-state index is 0.00774. The van der Waals surface area contributed by atoms with E-state index in [2.05, 4.69) is 11.9 Å². The lowest BCUT2D eigenvalue weighted by atomic mass is 10.1. The summed E-state index contributed by atoms with van der Waals surface area (Å²) >= 11 is 1.35. The Morgan fingerprint density at radius 2 is 1.94 bits per heavy atom. The molecule has 1 fully saturated rings. The van der Waals surface area contributed by atoms with Gasteiger partial charge in [0.2, 0.25) is 0 Å². The molecule has 1 aromatic heterocycles. The minimum atomic E-state index is -0.273. The summed E-state index contributed by atoms with van der Waals surface area (Å²) in [6.45, 7) is 4.15. The molecule has 0 atom stereocenters. The van der Waals surface area contributed by atoms with Crippen LogP contribution in [0.25, 0.3) is 10.2 Å². The van der Waals surface area contributed by atoms with Gasteiger partial charge in [-0.15, -0.1) is 0 Å². The number of carbonyl (C=O) groups is 1. The van der Waals surface area contributed by atoms with Crippen LogP contribution < -0.4 is 9.47 Å². The highest BCUT2D eigenvalue weighted by Crippen LogP contribution is 2.30. The molecule has 164 valence electrons. The SMILES string of the molecule is CCCCCOc1ccc(C(=O)N2CCC(Oc3nc4ccc(F)cc4s3)CC2)cc1. The van der Waals surface area contributed by atoms with Gasteiger partial charge in [-0.2, -0.15) is 0 Å². The second kappa shape index (κ2) is 10.1. The lowest BCUT2D eigenvalue weighted by Crippen LogP contribution is -2.41. The number of likely N-dealkylation sites (tertiary alicyclic amines) is 1. The molecule has 2 heterocycles. The fourth-order valence-electron chi connectivity index (χ4n) is 3.67. The number of piperidine rings is 1. The Bertz CT molecular complexity index is 1010. The van der Waals surface area contributed by atoms with Gasteiger partial charge in [0.05, 0.1) is 16.8 Å². The van der Waals surface area contributed by atoms with Crippen LogP contribution in [0.4, 0.5) is 4.39 Å². The summed E-state index contributed by atoms with van der Waals surface area (Å²) in [6.07, 6.45) is 4.87. The highest BCUT2D eigenvalue weighted by atomic mass is 32.1. The largest absolute Gasteiger partial charge is 0.494 e. The van der Waals surface area contributed by atoms with Gasteiger partial charge in [0.1, 0.15) is 17.7 Å². The maximum Gasteiger partial charge on any atom is 0.274 e. The van der Waals surface area contributed by atoms with Crippen LogP contribution in [0.15, 0.2) is 42.5 Å². The van der Waals surface area contributed by atoms with Crippen LogP contribution in [-0.4, -0.2) is 41.6 Å². The Hall–Kier alpha value is -2.67. The van der Waals surface area contributed by atoms with Crippen molar-refractivity contribution in [1.29, 1.82) is 0 Å². The maximum absolute atomic E-state index is 13.4. The van der Waals surface area contributed by atoms with E-state index in [0.29, 0.717) is 30.5 Å². The molecule has 31 heavy (non-hydrogen) atoms. The first-order valence-electron chi connectivity index (χ1n) is 10.9. The maximum atomic E-state index is 13.4. The summed E-state index contributed by atoms with van der Waals surface area (Å²) in [5, 5.41) is 0.555. The molecule has 4 rings (SSSR count). The second-order valence-corrected chi connectivity index (χ2v) is 8.77. The number of aromatic nitrogens is 1. The topological polar surface area (TPSA) is 51.7 Å². The Morgan fingerprint density at radius 3 is 2.68 bits per heavy atom. The molecular formula is C24H27FN2O3S. The number of halogens is 1. The highest BCUT2D eigenvalue weighted by molar-refractivity contribution is 7.20. The first-order valence-corrected chi connectivity index (χ1v) is 11.7. The van der Waals surface area contributed by atoms with Crippen molar-refractivity contribution in [3.05, 3.63) is 53.8 Å². The number of fused-ring (bicyclic) bond motifs is 1. The van der Waals surface area contributed by atoms with Gasteiger partial charge in [0.15, 0.2) is 0 Å². The Kier molecular flexibility index (Phi) is 7.02. The number of thiazole rings is 1. The molecule has 2 aromatic carbocycles. The molecule has 1 aliphatic rings. The number of ether oxygens (including phenoxy) is 2. The van der Waals surface area contributed by atoms with Crippen molar-refractivity contribution in [2.45, 2.75) is 45.1 Å². The Morgan fingerprint density at radius 1 is 1.16 bits per heavy atom. The van der Waals surface area contributed by atoms with Gasteiger partial charge in [-0.05, 0) is 48.9 Å². The van der Waals surface area contributed by atoms with Gasteiger partial charge in [-0.3, -0.25) is 4.79 Å². The number of benzene rings is 2. The van der Waals surface area contributed by atoms with Crippen molar-refractivity contribution >= 4 is 27.5 Å². The number of unbranched alkanes of at least 4 members (excludes halogenated alkanes) is 2. The summed E-state index contributed by atoms with van der Waals surface area (Å²) in [6, 6.07) is 11.9. The molecule has 7 heteroatoms. The van der Waals surface area contributed by atoms with E-state index in [4.69, 9.17) is 9.47 Å². The average molecular weight is 443 g/mol. The number of hydrogen-bond donors (Lipinski definition) is 0. The third kappa shape index (κ3) is 5.53. The molecule has 1 amide bonds. The van der Waals surface area contributed by atoms with Gasteiger partial charge >= 0.3 is 0 Å². The molecule has 1 aliphatic heterocycles. The number of rotatable bonds is 8.